The van der Waals surface area contributed by atoms with Gasteiger partial charge in [0, 0.05) is 45.1 Å². The molecule has 0 radical (unpaired) electrons. The average Bonchev–Trinajstić information content (AvgIpc) is 3.25. The molecule has 9 heteroatoms. The van der Waals surface area contributed by atoms with Crippen LogP contribution in [0.25, 0.3) is 0 Å². The maximum atomic E-state index is 11.8. The lowest BCUT2D eigenvalue weighted by atomic mass is 10.4. The number of carbonyl (C=O) groups excluding carboxylic acids is 3. The van der Waals surface area contributed by atoms with E-state index in [1.807, 2.05) is 6.07 Å². The number of anilines is 2. The third-order valence-electron chi connectivity index (χ3n) is 4.32. The van der Waals surface area contributed by atoms with Crippen molar-refractivity contribution in [1.82, 2.24) is 20.4 Å². The fourth-order valence-corrected chi connectivity index (χ4v) is 2.98. The summed E-state index contributed by atoms with van der Waals surface area (Å²) in [6.45, 7) is 2.71. The van der Waals surface area contributed by atoms with E-state index < -0.39 is 0 Å². The summed E-state index contributed by atoms with van der Waals surface area (Å²) in [5.74, 6) is -0.259. The number of rotatable bonds is 7. The van der Waals surface area contributed by atoms with E-state index in [0.717, 1.165) is 23.7 Å². The minimum absolute atomic E-state index is 0.194. The Morgan fingerprint density at radius 2 is 1.84 bits per heavy atom. The summed E-state index contributed by atoms with van der Waals surface area (Å²) in [5, 5.41) is 13.8. The van der Waals surface area contributed by atoms with Gasteiger partial charge in [0.05, 0.1) is 11.9 Å². The summed E-state index contributed by atoms with van der Waals surface area (Å²) < 4.78 is 0. The smallest absolute Gasteiger partial charge is 0.240 e. The molecule has 0 unspecified atom stereocenters. The third-order valence-corrected chi connectivity index (χ3v) is 4.32. The monoisotopic (exact) mass is 346 g/mol. The fourth-order valence-electron chi connectivity index (χ4n) is 2.98. The number of amides is 3. The molecule has 9 nitrogen and oxygen atoms in total. The van der Waals surface area contributed by atoms with Crippen LogP contribution in [0.3, 0.4) is 0 Å². The van der Waals surface area contributed by atoms with Gasteiger partial charge in [0.1, 0.15) is 6.54 Å². The lowest BCUT2D eigenvalue weighted by molar-refractivity contribution is -0.142. The van der Waals surface area contributed by atoms with Gasteiger partial charge in [-0.1, -0.05) is 0 Å². The Morgan fingerprint density at radius 3 is 2.56 bits per heavy atom. The number of hydrogen-bond acceptors (Lipinski definition) is 7. The van der Waals surface area contributed by atoms with Crippen LogP contribution in [0.1, 0.15) is 25.7 Å². The van der Waals surface area contributed by atoms with E-state index in [-0.39, 0.29) is 37.1 Å². The molecule has 0 atom stereocenters. The lowest BCUT2D eigenvalue weighted by Crippen LogP contribution is -2.41. The van der Waals surface area contributed by atoms with Crippen LogP contribution in [0.2, 0.25) is 0 Å². The maximum absolute atomic E-state index is 11.8. The van der Waals surface area contributed by atoms with Crippen LogP contribution in [0, 0.1) is 0 Å². The second kappa shape index (κ2) is 7.91. The first-order chi connectivity index (χ1) is 12.1. The van der Waals surface area contributed by atoms with Gasteiger partial charge < -0.3 is 15.5 Å². The van der Waals surface area contributed by atoms with E-state index in [1.54, 1.807) is 6.20 Å². The van der Waals surface area contributed by atoms with Gasteiger partial charge in [-0.3, -0.25) is 19.3 Å². The quantitative estimate of drug-likeness (QED) is 0.518. The van der Waals surface area contributed by atoms with Crippen LogP contribution in [0.5, 0.6) is 0 Å². The molecule has 2 aliphatic heterocycles. The van der Waals surface area contributed by atoms with Gasteiger partial charge in [-0.05, 0) is 12.8 Å². The molecular formula is C16H22N6O3. The predicted molar refractivity (Wildman–Crippen MR) is 90.9 cm³/mol. The van der Waals surface area contributed by atoms with Gasteiger partial charge in [0.15, 0.2) is 5.82 Å². The van der Waals surface area contributed by atoms with Crippen LogP contribution < -0.4 is 15.5 Å². The first-order valence-electron chi connectivity index (χ1n) is 8.55. The molecule has 0 saturated carbocycles. The van der Waals surface area contributed by atoms with Gasteiger partial charge in [-0.15, -0.1) is 5.10 Å². The Kier molecular flexibility index (Phi) is 5.42. The summed E-state index contributed by atoms with van der Waals surface area (Å²) in [6, 6.07) is 1.95. The van der Waals surface area contributed by atoms with Crippen molar-refractivity contribution in [3.05, 3.63) is 12.3 Å². The normalized spacial score (nSPS) is 17.3. The molecule has 0 aromatic carbocycles. The number of imide groups is 1. The van der Waals surface area contributed by atoms with E-state index in [2.05, 4.69) is 25.7 Å². The molecular weight excluding hydrogens is 324 g/mol. The largest absolute Gasteiger partial charge is 0.370 e. The topological polar surface area (TPSA) is 108 Å². The number of likely N-dealkylation sites (tertiary alicyclic amines) is 1. The van der Waals surface area contributed by atoms with Crippen LogP contribution in [0.15, 0.2) is 12.3 Å². The molecule has 0 spiro atoms. The molecule has 1 aromatic heterocycles. The van der Waals surface area contributed by atoms with E-state index >= 15 is 0 Å². The highest BCUT2D eigenvalue weighted by molar-refractivity contribution is 6.04. The second-order valence-electron chi connectivity index (χ2n) is 6.14. The molecule has 2 saturated heterocycles. The van der Waals surface area contributed by atoms with Gasteiger partial charge in [-0.25, -0.2) is 0 Å². The number of nitrogens with zero attached hydrogens (tertiary/aromatic N) is 4. The van der Waals surface area contributed by atoms with Crippen molar-refractivity contribution in [2.45, 2.75) is 25.7 Å². The number of aromatic nitrogens is 2. The number of carbonyl (C=O) groups is 3. The molecule has 3 amide bonds. The van der Waals surface area contributed by atoms with Crippen LogP contribution >= 0.6 is 0 Å². The van der Waals surface area contributed by atoms with Crippen LogP contribution in [-0.2, 0) is 14.4 Å². The van der Waals surface area contributed by atoms with E-state index in [1.165, 1.54) is 12.8 Å². The first-order valence-corrected chi connectivity index (χ1v) is 8.55. The zero-order valence-corrected chi connectivity index (χ0v) is 14.0. The molecule has 3 heterocycles. The van der Waals surface area contributed by atoms with Crippen LogP contribution in [0.4, 0.5) is 11.5 Å². The highest BCUT2D eigenvalue weighted by atomic mass is 16.2. The summed E-state index contributed by atoms with van der Waals surface area (Å²) >= 11 is 0. The van der Waals surface area contributed by atoms with Gasteiger partial charge in [0.25, 0.3) is 0 Å². The molecule has 3 rings (SSSR count). The van der Waals surface area contributed by atoms with E-state index in [9.17, 15) is 14.4 Å². The number of nitrogens with one attached hydrogen (secondary N) is 2. The molecule has 2 fully saturated rings. The first kappa shape index (κ1) is 17.1. The van der Waals surface area contributed by atoms with Crippen LogP contribution in [-0.4, -0.2) is 65.5 Å². The summed E-state index contributed by atoms with van der Waals surface area (Å²) in [7, 11) is 0. The zero-order valence-electron chi connectivity index (χ0n) is 14.0. The van der Waals surface area contributed by atoms with Gasteiger partial charge >= 0.3 is 0 Å². The summed E-state index contributed by atoms with van der Waals surface area (Å²) in [4.78, 5) is 38.0. The van der Waals surface area contributed by atoms with Crippen molar-refractivity contribution < 1.29 is 14.4 Å². The molecule has 25 heavy (non-hydrogen) atoms. The lowest BCUT2D eigenvalue weighted by Gasteiger charge is -2.17. The SMILES string of the molecule is O=C(CN1C(=O)CCC1=O)NCCNc1cc(N2CCCC2)cnn1. The van der Waals surface area contributed by atoms with Crippen molar-refractivity contribution in [2.75, 3.05) is 42.9 Å². The summed E-state index contributed by atoms with van der Waals surface area (Å²) in [5.41, 5.74) is 1.05. The second-order valence-corrected chi connectivity index (χ2v) is 6.14. The predicted octanol–water partition coefficient (Wildman–Crippen LogP) is -0.246. The minimum atomic E-state index is -0.345. The highest BCUT2D eigenvalue weighted by Crippen LogP contribution is 2.20. The Balaban J connectivity index is 1.39. The van der Waals surface area contributed by atoms with Crippen molar-refractivity contribution >= 4 is 29.2 Å². The molecule has 0 bridgehead atoms. The van der Waals surface area contributed by atoms with E-state index in [0.29, 0.717) is 18.9 Å². The molecule has 2 N–H and O–H groups in total. The van der Waals surface area contributed by atoms with Gasteiger partial charge in [0.2, 0.25) is 17.7 Å². The Labute approximate surface area is 145 Å². The van der Waals surface area contributed by atoms with Crippen molar-refractivity contribution in [3.8, 4) is 0 Å². The molecule has 134 valence electrons. The maximum Gasteiger partial charge on any atom is 0.240 e. The van der Waals surface area contributed by atoms with Gasteiger partial charge in [-0.2, -0.15) is 5.10 Å². The molecule has 1 aromatic rings. The standard InChI is InChI=1S/C16H22N6O3/c23-14(11-22-15(24)3-4-16(22)25)18-6-5-17-13-9-12(10-19-20-13)21-7-1-2-8-21/h9-10H,1-8,11H2,(H,17,20)(H,18,23). The third kappa shape index (κ3) is 4.43. The van der Waals surface area contributed by atoms with Crippen molar-refractivity contribution in [2.24, 2.45) is 0 Å². The number of hydrogen-bond donors (Lipinski definition) is 2. The van der Waals surface area contributed by atoms with E-state index in [4.69, 9.17) is 0 Å². The fraction of sp³-hybridized carbons (Fsp3) is 0.562. The summed E-state index contributed by atoms with van der Waals surface area (Å²) in [6.07, 6.45) is 4.53. The Hall–Kier alpha value is -2.71. The van der Waals surface area contributed by atoms with Crippen molar-refractivity contribution in [3.63, 3.8) is 0 Å². The Morgan fingerprint density at radius 1 is 1.12 bits per heavy atom. The minimum Gasteiger partial charge on any atom is -0.370 e. The average molecular weight is 346 g/mol. The molecule has 0 aliphatic carbocycles. The Bertz CT molecular complexity index is 643. The van der Waals surface area contributed by atoms with Crippen molar-refractivity contribution in [1.29, 1.82) is 0 Å². The molecule has 2 aliphatic rings. The zero-order chi connectivity index (χ0) is 17.6. The highest BCUT2D eigenvalue weighted by Gasteiger charge is 2.30.